The van der Waals surface area contributed by atoms with Gasteiger partial charge in [0.1, 0.15) is 0 Å². The van der Waals surface area contributed by atoms with E-state index in [1.165, 1.54) is 87.9 Å². The summed E-state index contributed by atoms with van der Waals surface area (Å²) >= 11 is 0. The molecular weight excluding hydrogens is 919 g/mol. The van der Waals surface area contributed by atoms with Crippen LogP contribution in [0.4, 0.5) is 17.1 Å². The minimum absolute atomic E-state index is 0.0991. The SMILES string of the molecule is CC1(C)c2ccccc2-c2ccc(-n3c4ccccc4c4cc(-c5cc(-c6ccc(N(c7ccccc7)c7ccc8ccccc8c7)cc6)cc(-c6ccc7c8ccccc8n(-c8ccccc8)c7c6)c5)ccc43)cc21. The standard InChI is InChI=1S/C73H51N3/c1-73(2)67-26-14-11-23-61(67)62-39-37-60(47-68(62)73)76-70-28-16-13-25-64(70)66-45-51(33-40-71(66)76)54-41-53(42-55(43-54)52-32-38-65-63-24-12-15-27-69(63)75(72(65)46-52)57-21-7-4-8-22-57)49-29-34-58(35-30-49)74(56-19-5-3-6-20-56)59-36-31-48-17-9-10-18-50(48)44-59/h3-47H,1-2H3. The van der Waals surface area contributed by atoms with Crippen molar-refractivity contribution in [2.24, 2.45) is 0 Å². The summed E-state index contributed by atoms with van der Waals surface area (Å²) in [6.45, 7) is 4.73. The van der Waals surface area contributed by atoms with E-state index in [9.17, 15) is 0 Å². The third-order valence-electron chi connectivity index (χ3n) is 16.3. The monoisotopic (exact) mass is 969 g/mol. The second-order valence-corrected chi connectivity index (χ2v) is 21.0. The Morgan fingerprint density at radius 3 is 1.57 bits per heavy atom. The van der Waals surface area contributed by atoms with Gasteiger partial charge in [-0.05, 0) is 176 Å². The molecule has 1 aliphatic rings. The molecule has 0 radical (unpaired) electrons. The molecule has 0 saturated heterocycles. The highest BCUT2D eigenvalue weighted by Crippen LogP contribution is 2.50. The Balaban J connectivity index is 0.896. The zero-order valence-corrected chi connectivity index (χ0v) is 42.3. The fourth-order valence-corrected chi connectivity index (χ4v) is 12.5. The average molecular weight is 970 g/mol. The van der Waals surface area contributed by atoms with Gasteiger partial charge in [0, 0.05) is 55.4 Å². The predicted octanol–water partition coefficient (Wildman–Crippen LogP) is 19.8. The summed E-state index contributed by atoms with van der Waals surface area (Å²) in [5, 5.41) is 7.40. The van der Waals surface area contributed by atoms with Crippen molar-refractivity contribution < 1.29 is 0 Å². The van der Waals surface area contributed by atoms with Crippen LogP contribution in [0.2, 0.25) is 0 Å². The number of aromatic nitrogens is 2. The molecule has 358 valence electrons. The third-order valence-corrected chi connectivity index (χ3v) is 16.3. The fraction of sp³-hybridized carbons (Fsp3) is 0.0411. The van der Waals surface area contributed by atoms with Crippen LogP contribution in [0, 0.1) is 0 Å². The summed E-state index contributed by atoms with van der Waals surface area (Å²) in [5.74, 6) is 0. The molecule has 0 N–H and O–H groups in total. The Labute approximate surface area is 442 Å². The highest BCUT2D eigenvalue weighted by molar-refractivity contribution is 6.12. The first-order valence-corrected chi connectivity index (χ1v) is 26.4. The Bertz CT molecular complexity index is 4590. The second-order valence-electron chi connectivity index (χ2n) is 21.0. The van der Waals surface area contributed by atoms with Crippen molar-refractivity contribution in [3.05, 3.63) is 284 Å². The highest BCUT2D eigenvalue weighted by atomic mass is 15.1. The van der Waals surface area contributed by atoms with E-state index in [2.05, 4.69) is 301 Å². The zero-order chi connectivity index (χ0) is 50.5. The van der Waals surface area contributed by atoms with Crippen LogP contribution in [0.5, 0.6) is 0 Å². The second kappa shape index (κ2) is 17.2. The van der Waals surface area contributed by atoms with Gasteiger partial charge in [-0.25, -0.2) is 0 Å². The summed E-state index contributed by atoms with van der Waals surface area (Å²) in [7, 11) is 0. The molecule has 3 heteroatoms. The zero-order valence-electron chi connectivity index (χ0n) is 42.3. The quantitative estimate of drug-likeness (QED) is 0.148. The van der Waals surface area contributed by atoms with Gasteiger partial charge in [-0.2, -0.15) is 0 Å². The average Bonchev–Trinajstić information content (AvgIpc) is 4.10. The van der Waals surface area contributed by atoms with Gasteiger partial charge in [-0.15, -0.1) is 0 Å². The van der Waals surface area contributed by atoms with Gasteiger partial charge >= 0.3 is 0 Å². The van der Waals surface area contributed by atoms with Crippen molar-refractivity contribution in [2.75, 3.05) is 4.90 Å². The summed E-state index contributed by atoms with van der Waals surface area (Å²) in [6.07, 6.45) is 0. The molecule has 0 aliphatic heterocycles. The van der Waals surface area contributed by atoms with E-state index < -0.39 is 0 Å². The lowest BCUT2D eigenvalue weighted by Gasteiger charge is -2.26. The number of anilines is 3. The summed E-state index contributed by atoms with van der Waals surface area (Å²) in [4.78, 5) is 2.35. The molecule has 2 aromatic heterocycles. The van der Waals surface area contributed by atoms with Gasteiger partial charge in [-0.1, -0.05) is 178 Å². The van der Waals surface area contributed by atoms with Gasteiger partial charge in [0.15, 0.2) is 0 Å². The van der Waals surface area contributed by atoms with Crippen molar-refractivity contribution in [3.63, 3.8) is 0 Å². The Kier molecular flexibility index (Phi) is 9.92. The number of para-hydroxylation sites is 4. The molecule has 12 aromatic carbocycles. The molecular formula is C73H51N3. The first-order chi connectivity index (χ1) is 37.4. The lowest BCUT2D eigenvalue weighted by Crippen LogP contribution is -2.15. The van der Waals surface area contributed by atoms with E-state index in [1.54, 1.807) is 0 Å². The van der Waals surface area contributed by atoms with E-state index >= 15 is 0 Å². The van der Waals surface area contributed by atoms with E-state index in [0.717, 1.165) is 50.6 Å². The largest absolute Gasteiger partial charge is 0.310 e. The van der Waals surface area contributed by atoms with Crippen molar-refractivity contribution >= 4 is 71.4 Å². The van der Waals surface area contributed by atoms with E-state index in [-0.39, 0.29) is 5.41 Å². The number of rotatable bonds is 8. The van der Waals surface area contributed by atoms with Crippen LogP contribution in [0.25, 0.3) is 110 Å². The van der Waals surface area contributed by atoms with Gasteiger partial charge < -0.3 is 14.0 Å². The number of hydrogen-bond acceptors (Lipinski definition) is 1. The van der Waals surface area contributed by atoms with Crippen molar-refractivity contribution in [1.29, 1.82) is 0 Å². The van der Waals surface area contributed by atoms with Crippen LogP contribution < -0.4 is 4.90 Å². The third kappa shape index (κ3) is 6.97. The minimum atomic E-state index is -0.0991. The summed E-state index contributed by atoms with van der Waals surface area (Å²) < 4.78 is 4.88. The maximum Gasteiger partial charge on any atom is 0.0547 e. The maximum atomic E-state index is 2.47. The van der Waals surface area contributed by atoms with Crippen LogP contribution >= 0.6 is 0 Å². The summed E-state index contributed by atoms with van der Waals surface area (Å²) in [5.41, 5.74) is 22.7. The van der Waals surface area contributed by atoms with Crippen LogP contribution in [0.15, 0.2) is 273 Å². The number of nitrogens with zero attached hydrogens (tertiary/aromatic N) is 3. The molecule has 1 aliphatic carbocycles. The minimum Gasteiger partial charge on any atom is -0.310 e. The van der Waals surface area contributed by atoms with E-state index in [1.807, 2.05) is 0 Å². The van der Waals surface area contributed by atoms with Crippen molar-refractivity contribution in [2.45, 2.75) is 19.3 Å². The molecule has 14 aromatic rings. The maximum absolute atomic E-state index is 2.47. The molecule has 0 atom stereocenters. The van der Waals surface area contributed by atoms with Crippen molar-refractivity contribution in [1.82, 2.24) is 9.13 Å². The molecule has 3 nitrogen and oxygen atoms in total. The van der Waals surface area contributed by atoms with Crippen LogP contribution in [-0.4, -0.2) is 9.13 Å². The fourth-order valence-electron chi connectivity index (χ4n) is 12.5. The molecule has 0 amide bonds. The molecule has 0 spiro atoms. The van der Waals surface area contributed by atoms with Gasteiger partial charge in [0.2, 0.25) is 0 Å². The smallest absolute Gasteiger partial charge is 0.0547 e. The number of benzene rings is 12. The molecule has 2 heterocycles. The number of hydrogen-bond donors (Lipinski definition) is 0. The Morgan fingerprint density at radius 1 is 0.276 bits per heavy atom. The highest BCUT2D eigenvalue weighted by Gasteiger charge is 2.35. The van der Waals surface area contributed by atoms with Crippen LogP contribution in [0.3, 0.4) is 0 Å². The topological polar surface area (TPSA) is 13.1 Å². The van der Waals surface area contributed by atoms with E-state index in [0.29, 0.717) is 0 Å². The first-order valence-electron chi connectivity index (χ1n) is 26.4. The molecule has 76 heavy (non-hydrogen) atoms. The molecule has 0 unspecified atom stereocenters. The van der Waals surface area contributed by atoms with Gasteiger partial charge in [0.05, 0.1) is 22.1 Å². The molecule has 0 fully saturated rings. The van der Waals surface area contributed by atoms with Crippen molar-refractivity contribution in [3.8, 4) is 55.9 Å². The Morgan fingerprint density at radius 2 is 0.803 bits per heavy atom. The van der Waals surface area contributed by atoms with E-state index in [4.69, 9.17) is 0 Å². The molecule has 15 rings (SSSR count). The normalized spacial score (nSPS) is 12.7. The molecule has 0 saturated carbocycles. The predicted molar refractivity (Wildman–Crippen MR) is 321 cm³/mol. The lowest BCUT2D eigenvalue weighted by atomic mass is 9.82. The van der Waals surface area contributed by atoms with Crippen LogP contribution in [-0.2, 0) is 5.41 Å². The van der Waals surface area contributed by atoms with Crippen LogP contribution in [0.1, 0.15) is 25.0 Å². The summed E-state index contributed by atoms with van der Waals surface area (Å²) in [6, 6.07) is 101. The molecule has 0 bridgehead atoms. The van der Waals surface area contributed by atoms with Gasteiger partial charge in [0.25, 0.3) is 0 Å². The number of fused-ring (bicyclic) bond motifs is 10. The lowest BCUT2D eigenvalue weighted by molar-refractivity contribution is 0.660. The first kappa shape index (κ1) is 43.8. The van der Waals surface area contributed by atoms with Gasteiger partial charge in [-0.3, -0.25) is 0 Å². The Hall–Kier alpha value is -9.70.